The first-order valence-electron chi connectivity index (χ1n) is 5.66. The zero-order valence-corrected chi connectivity index (χ0v) is 10.4. The molecule has 0 spiro atoms. The van der Waals surface area contributed by atoms with Crippen molar-refractivity contribution in [1.29, 1.82) is 0 Å². The molecule has 0 aliphatic carbocycles. The minimum Gasteiger partial charge on any atom is -0.382 e. The first kappa shape index (κ1) is 13.0. The third-order valence-corrected chi connectivity index (χ3v) is 2.81. The van der Waals surface area contributed by atoms with E-state index in [1.165, 1.54) is 4.68 Å². The standard InChI is InChI=1S/C12H14N4O3/c1-19-8-11(9-5-3-2-4-6-9)15-12(13)10(7-14-15)16(17)18/h2-7,11H,8,13H2,1H3. The number of hydrogen-bond acceptors (Lipinski definition) is 5. The van der Waals surface area contributed by atoms with Crippen LogP contribution in [0, 0.1) is 10.1 Å². The van der Waals surface area contributed by atoms with E-state index in [9.17, 15) is 10.1 Å². The summed E-state index contributed by atoms with van der Waals surface area (Å²) in [4.78, 5) is 10.2. The number of anilines is 1. The van der Waals surface area contributed by atoms with Gasteiger partial charge in [0.2, 0.25) is 5.82 Å². The molecule has 19 heavy (non-hydrogen) atoms. The van der Waals surface area contributed by atoms with Crippen molar-refractivity contribution in [2.75, 3.05) is 19.5 Å². The van der Waals surface area contributed by atoms with Gasteiger partial charge in [0.05, 0.1) is 11.5 Å². The van der Waals surface area contributed by atoms with Crippen LogP contribution in [0.5, 0.6) is 0 Å². The summed E-state index contributed by atoms with van der Waals surface area (Å²) in [6, 6.07) is 9.16. The Morgan fingerprint density at radius 2 is 2.16 bits per heavy atom. The normalized spacial score (nSPS) is 12.3. The summed E-state index contributed by atoms with van der Waals surface area (Å²) >= 11 is 0. The van der Waals surface area contributed by atoms with E-state index < -0.39 is 4.92 Å². The number of ether oxygens (including phenoxy) is 1. The highest BCUT2D eigenvalue weighted by Gasteiger charge is 2.23. The van der Waals surface area contributed by atoms with Gasteiger partial charge in [-0.05, 0) is 5.56 Å². The number of benzene rings is 1. The molecule has 1 aromatic heterocycles. The average molecular weight is 262 g/mol. The van der Waals surface area contributed by atoms with Crippen LogP contribution < -0.4 is 5.73 Å². The van der Waals surface area contributed by atoms with E-state index >= 15 is 0 Å². The Morgan fingerprint density at radius 3 is 2.68 bits per heavy atom. The Kier molecular flexibility index (Phi) is 3.76. The molecule has 7 nitrogen and oxygen atoms in total. The van der Waals surface area contributed by atoms with Crippen molar-refractivity contribution in [1.82, 2.24) is 9.78 Å². The second-order valence-electron chi connectivity index (χ2n) is 4.00. The molecule has 0 aliphatic heterocycles. The largest absolute Gasteiger partial charge is 0.382 e. The van der Waals surface area contributed by atoms with Crippen LogP contribution in [0.1, 0.15) is 11.6 Å². The third kappa shape index (κ3) is 2.55. The molecule has 2 rings (SSSR count). The molecule has 1 unspecified atom stereocenters. The number of nitrogens with zero attached hydrogens (tertiary/aromatic N) is 3. The van der Waals surface area contributed by atoms with Gasteiger partial charge in [-0.1, -0.05) is 30.3 Å². The third-order valence-electron chi connectivity index (χ3n) is 2.81. The van der Waals surface area contributed by atoms with E-state index in [0.717, 1.165) is 11.8 Å². The number of nitrogen functional groups attached to an aromatic ring is 1. The summed E-state index contributed by atoms with van der Waals surface area (Å²) in [5.74, 6) is 0.0240. The Bertz CT molecular complexity index is 568. The van der Waals surface area contributed by atoms with E-state index in [1.54, 1.807) is 7.11 Å². The number of nitrogens with two attached hydrogens (primary N) is 1. The van der Waals surface area contributed by atoms with Crippen LogP contribution in [0.4, 0.5) is 11.5 Å². The fraction of sp³-hybridized carbons (Fsp3) is 0.250. The predicted octanol–water partition coefficient (Wildman–Crippen LogP) is 1.61. The van der Waals surface area contributed by atoms with E-state index in [2.05, 4.69) is 5.10 Å². The molecule has 100 valence electrons. The lowest BCUT2D eigenvalue weighted by Crippen LogP contribution is -2.19. The highest BCUT2D eigenvalue weighted by Crippen LogP contribution is 2.27. The van der Waals surface area contributed by atoms with Crippen molar-refractivity contribution in [3.63, 3.8) is 0 Å². The average Bonchev–Trinajstić information content (AvgIpc) is 2.79. The van der Waals surface area contributed by atoms with E-state index in [0.29, 0.717) is 6.61 Å². The van der Waals surface area contributed by atoms with Crippen molar-refractivity contribution in [3.05, 3.63) is 52.2 Å². The summed E-state index contributed by atoms with van der Waals surface area (Å²) in [6.45, 7) is 0.326. The molecule has 0 saturated heterocycles. The number of rotatable bonds is 5. The minimum absolute atomic E-state index is 0.0240. The molecule has 0 radical (unpaired) electrons. The van der Waals surface area contributed by atoms with Crippen molar-refractivity contribution in [3.8, 4) is 0 Å². The second-order valence-corrected chi connectivity index (χ2v) is 4.00. The molecule has 0 aliphatic rings. The van der Waals surface area contributed by atoms with Gasteiger partial charge in [-0.25, -0.2) is 4.68 Å². The summed E-state index contributed by atoms with van der Waals surface area (Å²) in [5.41, 5.74) is 6.50. The zero-order chi connectivity index (χ0) is 13.8. The lowest BCUT2D eigenvalue weighted by molar-refractivity contribution is -0.384. The van der Waals surface area contributed by atoms with Crippen LogP contribution in [0.3, 0.4) is 0 Å². The highest BCUT2D eigenvalue weighted by molar-refractivity contribution is 5.52. The van der Waals surface area contributed by atoms with Gasteiger partial charge in [0.15, 0.2) is 0 Å². The summed E-state index contributed by atoms with van der Waals surface area (Å²) in [7, 11) is 1.56. The quantitative estimate of drug-likeness (QED) is 0.652. The van der Waals surface area contributed by atoms with Gasteiger partial charge in [0.25, 0.3) is 0 Å². The molecule has 0 saturated carbocycles. The highest BCUT2D eigenvalue weighted by atomic mass is 16.6. The maximum atomic E-state index is 10.8. The molecular weight excluding hydrogens is 248 g/mol. The topological polar surface area (TPSA) is 96.2 Å². The lowest BCUT2D eigenvalue weighted by atomic mass is 10.1. The summed E-state index contributed by atoms with van der Waals surface area (Å²) in [6.07, 6.45) is 1.15. The predicted molar refractivity (Wildman–Crippen MR) is 69.8 cm³/mol. The molecule has 1 aromatic carbocycles. The Labute approximate surface area is 109 Å². The van der Waals surface area contributed by atoms with E-state index in [4.69, 9.17) is 10.5 Å². The first-order chi connectivity index (χ1) is 9.15. The summed E-state index contributed by atoms with van der Waals surface area (Å²) < 4.78 is 6.56. The molecule has 0 amide bonds. The van der Waals surface area contributed by atoms with E-state index in [-0.39, 0.29) is 17.5 Å². The first-order valence-corrected chi connectivity index (χ1v) is 5.66. The molecule has 0 fully saturated rings. The molecule has 2 N–H and O–H groups in total. The van der Waals surface area contributed by atoms with Gasteiger partial charge in [-0.2, -0.15) is 5.10 Å². The van der Waals surface area contributed by atoms with Gasteiger partial charge in [0.1, 0.15) is 12.2 Å². The molecule has 2 aromatic rings. The van der Waals surface area contributed by atoms with Crippen molar-refractivity contribution in [2.24, 2.45) is 0 Å². The maximum Gasteiger partial charge on any atom is 0.330 e. The minimum atomic E-state index is -0.548. The molecule has 1 atom stereocenters. The SMILES string of the molecule is COCC(c1ccccc1)n1ncc([N+](=O)[O-])c1N. The van der Waals surface area contributed by atoms with Crippen LogP contribution in [0.15, 0.2) is 36.5 Å². The lowest BCUT2D eigenvalue weighted by Gasteiger charge is -2.17. The number of nitro groups is 1. The Hall–Kier alpha value is -2.41. The van der Waals surface area contributed by atoms with E-state index in [1.807, 2.05) is 30.3 Å². The number of methoxy groups -OCH3 is 1. The fourth-order valence-electron chi connectivity index (χ4n) is 1.89. The zero-order valence-electron chi connectivity index (χ0n) is 10.4. The molecular formula is C12H14N4O3. The van der Waals surface area contributed by atoms with Crippen LogP contribution in [-0.2, 0) is 4.74 Å². The maximum absolute atomic E-state index is 10.8. The van der Waals surface area contributed by atoms with Gasteiger partial charge in [-0.15, -0.1) is 0 Å². The van der Waals surface area contributed by atoms with Gasteiger partial charge in [-0.3, -0.25) is 10.1 Å². The number of aromatic nitrogens is 2. The van der Waals surface area contributed by atoms with Crippen molar-refractivity contribution < 1.29 is 9.66 Å². The smallest absolute Gasteiger partial charge is 0.330 e. The van der Waals surface area contributed by atoms with Crippen molar-refractivity contribution >= 4 is 11.5 Å². The van der Waals surface area contributed by atoms with Crippen LogP contribution in [0.25, 0.3) is 0 Å². The van der Waals surface area contributed by atoms with Crippen molar-refractivity contribution in [2.45, 2.75) is 6.04 Å². The monoisotopic (exact) mass is 262 g/mol. The molecule has 7 heteroatoms. The Balaban J connectivity index is 2.43. The summed E-state index contributed by atoms with van der Waals surface area (Å²) in [5, 5.41) is 14.8. The van der Waals surface area contributed by atoms with Crippen LogP contribution >= 0.6 is 0 Å². The second kappa shape index (κ2) is 5.49. The van der Waals surface area contributed by atoms with Crippen LogP contribution in [0.2, 0.25) is 0 Å². The fourth-order valence-corrected chi connectivity index (χ4v) is 1.89. The van der Waals surface area contributed by atoms with Gasteiger partial charge in [0, 0.05) is 7.11 Å². The van der Waals surface area contributed by atoms with Gasteiger partial charge >= 0.3 is 5.69 Å². The molecule has 1 heterocycles. The molecule has 0 bridgehead atoms. The Morgan fingerprint density at radius 1 is 1.47 bits per heavy atom. The van der Waals surface area contributed by atoms with Crippen LogP contribution in [-0.4, -0.2) is 28.4 Å². The van der Waals surface area contributed by atoms with Gasteiger partial charge < -0.3 is 10.5 Å². The number of hydrogen-bond donors (Lipinski definition) is 1.